The molecule has 0 bridgehead atoms. The normalized spacial score (nSPS) is 10.4. The highest BCUT2D eigenvalue weighted by Gasteiger charge is 2.12. The zero-order valence-electron chi connectivity index (χ0n) is 13.6. The average molecular weight is 406 g/mol. The Kier molecular flexibility index (Phi) is 6.53. The van der Waals surface area contributed by atoms with E-state index in [1.165, 1.54) is 13.3 Å². The van der Waals surface area contributed by atoms with Gasteiger partial charge in [-0.2, -0.15) is 5.10 Å². The van der Waals surface area contributed by atoms with Crippen molar-refractivity contribution < 1.29 is 19.1 Å². The van der Waals surface area contributed by atoms with Crippen LogP contribution in [0.2, 0.25) is 0 Å². The Hall–Kier alpha value is -2.87. The Bertz CT molecular complexity index is 791. The standard InChI is InChI=1S/C17H16BrN3O4/c1-24-14-8-3-11(15(9-14)25-2)10-19-21-17(23)16(22)20-13-6-4-12(18)5-7-13/h3-10H,1-2H3,(H,20,22)(H,21,23)/b19-10+. The highest BCUT2D eigenvalue weighted by molar-refractivity contribution is 9.10. The summed E-state index contributed by atoms with van der Waals surface area (Å²) in [6, 6.07) is 12.0. The van der Waals surface area contributed by atoms with Crippen molar-refractivity contribution in [2.24, 2.45) is 5.10 Å². The van der Waals surface area contributed by atoms with Crippen molar-refractivity contribution in [3.63, 3.8) is 0 Å². The lowest BCUT2D eigenvalue weighted by Crippen LogP contribution is -2.32. The van der Waals surface area contributed by atoms with Crippen LogP contribution in [-0.2, 0) is 9.59 Å². The number of carbonyl (C=O) groups excluding carboxylic acids is 2. The highest BCUT2D eigenvalue weighted by atomic mass is 79.9. The second-order valence-electron chi connectivity index (χ2n) is 4.77. The maximum Gasteiger partial charge on any atom is 0.329 e. The minimum atomic E-state index is -0.883. The average Bonchev–Trinajstić information content (AvgIpc) is 2.63. The van der Waals surface area contributed by atoms with Gasteiger partial charge in [-0.3, -0.25) is 9.59 Å². The molecule has 0 aliphatic carbocycles. The molecule has 8 heteroatoms. The summed E-state index contributed by atoms with van der Waals surface area (Å²) in [5.41, 5.74) is 3.29. The van der Waals surface area contributed by atoms with Crippen LogP contribution in [0.4, 0.5) is 5.69 Å². The molecule has 0 atom stereocenters. The predicted octanol–water partition coefficient (Wildman–Crippen LogP) is 2.56. The molecule has 2 aromatic rings. The molecule has 0 aromatic heterocycles. The number of halogens is 1. The van der Waals surface area contributed by atoms with E-state index in [1.807, 2.05) is 0 Å². The fraction of sp³-hybridized carbons (Fsp3) is 0.118. The van der Waals surface area contributed by atoms with Crippen LogP contribution in [0.1, 0.15) is 5.56 Å². The van der Waals surface area contributed by atoms with Crippen molar-refractivity contribution in [2.45, 2.75) is 0 Å². The first kappa shape index (κ1) is 18.5. The number of nitrogens with zero attached hydrogens (tertiary/aromatic N) is 1. The van der Waals surface area contributed by atoms with Gasteiger partial charge in [0.15, 0.2) is 0 Å². The van der Waals surface area contributed by atoms with E-state index in [0.717, 1.165) is 4.47 Å². The summed E-state index contributed by atoms with van der Waals surface area (Å²) < 4.78 is 11.2. The van der Waals surface area contributed by atoms with Gasteiger partial charge < -0.3 is 14.8 Å². The van der Waals surface area contributed by atoms with Crippen LogP contribution in [0.15, 0.2) is 52.0 Å². The molecule has 0 unspecified atom stereocenters. The Morgan fingerprint density at radius 1 is 1.04 bits per heavy atom. The van der Waals surface area contributed by atoms with E-state index in [4.69, 9.17) is 9.47 Å². The van der Waals surface area contributed by atoms with E-state index >= 15 is 0 Å². The number of hydrogen-bond donors (Lipinski definition) is 2. The molecule has 0 heterocycles. The minimum absolute atomic E-state index is 0.504. The summed E-state index contributed by atoms with van der Waals surface area (Å²) >= 11 is 3.29. The number of carbonyl (C=O) groups is 2. The van der Waals surface area contributed by atoms with Crippen LogP contribution < -0.4 is 20.2 Å². The quantitative estimate of drug-likeness (QED) is 0.454. The van der Waals surface area contributed by atoms with Crippen LogP contribution in [0.5, 0.6) is 11.5 Å². The molecule has 0 saturated heterocycles. The van der Waals surface area contributed by atoms with Gasteiger partial charge in [0.25, 0.3) is 0 Å². The topological polar surface area (TPSA) is 89.0 Å². The van der Waals surface area contributed by atoms with Gasteiger partial charge in [-0.05, 0) is 36.4 Å². The number of ether oxygens (including phenoxy) is 2. The lowest BCUT2D eigenvalue weighted by atomic mass is 10.2. The maximum absolute atomic E-state index is 11.8. The molecule has 130 valence electrons. The number of benzene rings is 2. The molecule has 0 spiro atoms. The Morgan fingerprint density at radius 3 is 2.40 bits per heavy atom. The molecule has 2 aromatic carbocycles. The summed E-state index contributed by atoms with van der Waals surface area (Å²) in [5, 5.41) is 6.24. The molecule has 0 fully saturated rings. The fourth-order valence-corrected chi connectivity index (χ4v) is 2.12. The number of anilines is 1. The Balaban J connectivity index is 1.95. The van der Waals surface area contributed by atoms with E-state index in [1.54, 1.807) is 49.6 Å². The van der Waals surface area contributed by atoms with Gasteiger partial charge >= 0.3 is 11.8 Å². The molecule has 0 aliphatic rings. The number of methoxy groups -OCH3 is 2. The highest BCUT2D eigenvalue weighted by Crippen LogP contribution is 2.23. The van der Waals surface area contributed by atoms with Crippen molar-refractivity contribution in [1.82, 2.24) is 5.43 Å². The first-order valence-corrected chi connectivity index (χ1v) is 7.94. The first-order chi connectivity index (χ1) is 12.0. The van der Waals surface area contributed by atoms with E-state index < -0.39 is 11.8 Å². The number of amides is 2. The van der Waals surface area contributed by atoms with Gasteiger partial charge in [-0.15, -0.1) is 0 Å². The molecule has 0 radical (unpaired) electrons. The van der Waals surface area contributed by atoms with Crippen LogP contribution in [-0.4, -0.2) is 32.2 Å². The summed E-state index contributed by atoms with van der Waals surface area (Å²) in [6.07, 6.45) is 1.38. The maximum atomic E-state index is 11.8. The molecule has 0 saturated carbocycles. The monoisotopic (exact) mass is 405 g/mol. The van der Waals surface area contributed by atoms with Crippen molar-refractivity contribution in [3.8, 4) is 11.5 Å². The van der Waals surface area contributed by atoms with Crippen LogP contribution in [0.25, 0.3) is 0 Å². The zero-order chi connectivity index (χ0) is 18.2. The van der Waals surface area contributed by atoms with E-state index in [2.05, 4.69) is 31.8 Å². The SMILES string of the molecule is COc1ccc(/C=N/NC(=O)C(=O)Nc2ccc(Br)cc2)c(OC)c1. The molecule has 0 aliphatic heterocycles. The smallest absolute Gasteiger partial charge is 0.329 e. The first-order valence-electron chi connectivity index (χ1n) is 7.15. The van der Waals surface area contributed by atoms with Crippen LogP contribution >= 0.6 is 15.9 Å². The second kappa shape index (κ2) is 8.84. The van der Waals surface area contributed by atoms with Gasteiger partial charge in [0.2, 0.25) is 0 Å². The number of hydrogen-bond acceptors (Lipinski definition) is 5. The third-order valence-electron chi connectivity index (χ3n) is 3.12. The summed E-state index contributed by atoms with van der Waals surface area (Å²) in [4.78, 5) is 23.6. The van der Waals surface area contributed by atoms with Crippen molar-refractivity contribution >= 4 is 39.6 Å². The summed E-state index contributed by atoms with van der Waals surface area (Å²) in [7, 11) is 3.06. The van der Waals surface area contributed by atoms with Crippen molar-refractivity contribution in [3.05, 3.63) is 52.5 Å². The second-order valence-corrected chi connectivity index (χ2v) is 5.68. The molecule has 2 N–H and O–H groups in total. The fourth-order valence-electron chi connectivity index (χ4n) is 1.86. The molecule has 25 heavy (non-hydrogen) atoms. The Morgan fingerprint density at radius 2 is 1.76 bits per heavy atom. The summed E-state index contributed by atoms with van der Waals surface area (Å²) in [6.45, 7) is 0. The van der Waals surface area contributed by atoms with Gasteiger partial charge in [0.1, 0.15) is 11.5 Å². The molecular weight excluding hydrogens is 390 g/mol. The van der Waals surface area contributed by atoms with Gasteiger partial charge in [-0.1, -0.05) is 15.9 Å². The number of nitrogens with one attached hydrogen (secondary N) is 2. The molecule has 2 rings (SSSR count). The van der Waals surface area contributed by atoms with Crippen LogP contribution in [0.3, 0.4) is 0 Å². The number of rotatable bonds is 5. The van der Waals surface area contributed by atoms with Gasteiger partial charge in [0, 0.05) is 21.8 Å². The molecule has 7 nitrogen and oxygen atoms in total. The molecular formula is C17H16BrN3O4. The number of hydrazone groups is 1. The third-order valence-corrected chi connectivity index (χ3v) is 3.65. The van der Waals surface area contributed by atoms with E-state index in [9.17, 15) is 9.59 Å². The van der Waals surface area contributed by atoms with Gasteiger partial charge in [-0.25, -0.2) is 5.43 Å². The Labute approximate surface area is 153 Å². The minimum Gasteiger partial charge on any atom is -0.497 e. The van der Waals surface area contributed by atoms with E-state index in [-0.39, 0.29) is 0 Å². The zero-order valence-corrected chi connectivity index (χ0v) is 15.2. The van der Waals surface area contributed by atoms with Crippen molar-refractivity contribution in [1.29, 1.82) is 0 Å². The van der Waals surface area contributed by atoms with Crippen molar-refractivity contribution in [2.75, 3.05) is 19.5 Å². The molecule has 2 amide bonds. The summed E-state index contributed by atoms with van der Waals surface area (Å²) in [5.74, 6) is -0.545. The van der Waals surface area contributed by atoms with E-state index in [0.29, 0.717) is 22.7 Å². The third kappa shape index (κ3) is 5.32. The predicted molar refractivity (Wildman–Crippen MR) is 98.1 cm³/mol. The van der Waals surface area contributed by atoms with Gasteiger partial charge in [0.05, 0.1) is 20.4 Å². The largest absolute Gasteiger partial charge is 0.497 e. The van der Waals surface area contributed by atoms with Crippen LogP contribution in [0, 0.1) is 0 Å². The lowest BCUT2D eigenvalue weighted by molar-refractivity contribution is -0.136. The lowest BCUT2D eigenvalue weighted by Gasteiger charge is -2.07.